The summed E-state index contributed by atoms with van der Waals surface area (Å²) in [4.78, 5) is 0. The average Bonchev–Trinajstić information content (AvgIpc) is 2.76. The molecule has 2 rings (SSSR count). The van der Waals surface area contributed by atoms with Crippen molar-refractivity contribution in [1.29, 1.82) is 0 Å². The van der Waals surface area contributed by atoms with Crippen LogP contribution in [-0.2, 0) is 5.41 Å². The number of aliphatic hydroxyl groups excluding tert-OH is 1. The Morgan fingerprint density at radius 3 is 2.82 bits per heavy atom. The summed E-state index contributed by atoms with van der Waals surface area (Å²) < 4.78 is 10.7. The Hall–Kier alpha value is -1.26. The third-order valence-electron chi connectivity index (χ3n) is 3.01. The first kappa shape index (κ1) is 12.2. The summed E-state index contributed by atoms with van der Waals surface area (Å²) in [6.07, 6.45) is 0. The van der Waals surface area contributed by atoms with Crippen molar-refractivity contribution in [2.24, 2.45) is 0 Å². The molecule has 0 fully saturated rings. The number of aliphatic hydroxyl groups is 1. The van der Waals surface area contributed by atoms with Crippen LogP contribution in [0.5, 0.6) is 11.5 Å². The molecule has 1 heterocycles. The van der Waals surface area contributed by atoms with Crippen molar-refractivity contribution < 1.29 is 14.6 Å². The Kier molecular flexibility index (Phi) is 3.54. The minimum absolute atomic E-state index is 0.00382. The third-order valence-corrected chi connectivity index (χ3v) is 3.01. The smallest absolute Gasteiger partial charge is 0.231 e. The molecule has 0 amide bonds. The SMILES string of the molecule is CC(C)(CNCCO)c1ccc2c(c1)OCO2. The quantitative estimate of drug-likeness (QED) is 0.757. The van der Waals surface area contributed by atoms with Gasteiger partial charge in [0, 0.05) is 18.5 Å². The second kappa shape index (κ2) is 4.94. The van der Waals surface area contributed by atoms with Crippen LogP contribution >= 0.6 is 0 Å². The molecule has 94 valence electrons. The maximum atomic E-state index is 8.76. The molecule has 1 aliphatic rings. The minimum Gasteiger partial charge on any atom is -0.454 e. The molecular weight excluding hydrogens is 218 g/mol. The molecule has 4 nitrogen and oxygen atoms in total. The summed E-state index contributed by atoms with van der Waals surface area (Å²) >= 11 is 0. The first-order valence-corrected chi connectivity index (χ1v) is 5.85. The lowest BCUT2D eigenvalue weighted by molar-refractivity contribution is 0.174. The zero-order valence-electron chi connectivity index (χ0n) is 10.3. The van der Waals surface area contributed by atoms with E-state index in [4.69, 9.17) is 14.6 Å². The molecule has 0 radical (unpaired) electrons. The lowest BCUT2D eigenvalue weighted by Gasteiger charge is -2.25. The fraction of sp³-hybridized carbons (Fsp3) is 0.538. The Balaban J connectivity index is 2.10. The highest BCUT2D eigenvalue weighted by Crippen LogP contribution is 2.36. The number of benzene rings is 1. The standard InChI is InChI=1S/C13H19NO3/c1-13(2,8-14-5-6-15)10-3-4-11-12(7-10)17-9-16-11/h3-4,7,14-15H,5-6,8-9H2,1-2H3. The molecule has 0 spiro atoms. The van der Waals surface area contributed by atoms with Crippen LogP contribution < -0.4 is 14.8 Å². The van der Waals surface area contributed by atoms with Crippen molar-refractivity contribution in [1.82, 2.24) is 5.32 Å². The molecule has 17 heavy (non-hydrogen) atoms. The van der Waals surface area contributed by atoms with Crippen LogP contribution in [0.15, 0.2) is 18.2 Å². The number of hydrogen-bond acceptors (Lipinski definition) is 4. The Bertz CT molecular complexity index is 390. The van der Waals surface area contributed by atoms with Crippen LogP contribution in [0.4, 0.5) is 0 Å². The van der Waals surface area contributed by atoms with Crippen LogP contribution in [0.1, 0.15) is 19.4 Å². The summed E-state index contributed by atoms with van der Waals surface area (Å²) in [5.74, 6) is 1.63. The molecule has 1 aromatic rings. The van der Waals surface area contributed by atoms with Crippen molar-refractivity contribution in [2.45, 2.75) is 19.3 Å². The van der Waals surface area contributed by atoms with Gasteiger partial charge in [-0.25, -0.2) is 0 Å². The van der Waals surface area contributed by atoms with E-state index in [-0.39, 0.29) is 12.0 Å². The summed E-state index contributed by atoms with van der Waals surface area (Å²) in [6, 6.07) is 6.04. The van der Waals surface area contributed by atoms with Crippen molar-refractivity contribution >= 4 is 0 Å². The van der Waals surface area contributed by atoms with Gasteiger partial charge in [0.1, 0.15) is 0 Å². The van der Waals surface area contributed by atoms with E-state index >= 15 is 0 Å². The zero-order valence-corrected chi connectivity index (χ0v) is 10.3. The Morgan fingerprint density at radius 2 is 2.06 bits per heavy atom. The number of hydrogen-bond donors (Lipinski definition) is 2. The molecule has 0 aliphatic carbocycles. The van der Waals surface area contributed by atoms with E-state index in [1.54, 1.807) is 0 Å². The fourth-order valence-electron chi connectivity index (χ4n) is 1.90. The summed E-state index contributed by atoms with van der Waals surface area (Å²) in [7, 11) is 0. The normalized spacial score (nSPS) is 14.1. The van der Waals surface area contributed by atoms with Crippen LogP contribution in [0.3, 0.4) is 0 Å². The predicted molar refractivity (Wildman–Crippen MR) is 65.5 cm³/mol. The lowest BCUT2D eigenvalue weighted by Crippen LogP contribution is -2.34. The third kappa shape index (κ3) is 2.70. The monoisotopic (exact) mass is 237 g/mol. The Labute approximate surface area is 102 Å². The van der Waals surface area contributed by atoms with Crippen molar-refractivity contribution in [2.75, 3.05) is 26.5 Å². The van der Waals surface area contributed by atoms with Crippen LogP contribution in [-0.4, -0.2) is 31.6 Å². The zero-order chi connectivity index (χ0) is 12.3. The van der Waals surface area contributed by atoms with E-state index in [9.17, 15) is 0 Å². The first-order valence-electron chi connectivity index (χ1n) is 5.85. The lowest BCUT2D eigenvalue weighted by atomic mass is 9.84. The maximum absolute atomic E-state index is 8.76. The van der Waals surface area contributed by atoms with E-state index in [1.165, 1.54) is 5.56 Å². The molecule has 1 aromatic carbocycles. The molecule has 1 aliphatic heterocycles. The molecule has 2 N–H and O–H groups in total. The largest absolute Gasteiger partial charge is 0.454 e. The maximum Gasteiger partial charge on any atom is 0.231 e. The van der Waals surface area contributed by atoms with Gasteiger partial charge in [0.15, 0.2) is 11.5 Å². The van der Waals surface area contributed by atoms with Crippen molar-refractivity contribution in [3.05, 3.63) is 23.8 Å². The molecule has 4 heteroatoms. The van der Waals surface area contributed by atoms with Gasteiger partial charge < -0.3 is 19.9 Å². The van der Waals surface area contributed by atoms with E-state index in [1.807, 2.05) is 12.1 Å². The van der Waals surface area contributed by atoms with E-state index in [0.717, 1.165) is 18.0 Å². The topological polar surface area (TPSA) is 50.7 Å². The van der Waals surface area contributed by atoms with Gasteiger partial charge in [-0.1, -0.05) is 19.9 Å². The molecule has 0 saturated carbocycles. The van der Waals surface area contributed by atoms with Crippen LogP contribution in [0.2, 0.25) is 0 Å². The van der Waals surface area contributed by atoms with Gasteiger partial charge in [0.2, 0.25) is 6.79 Å². The molecule has 0 saturated heterocycles. The van der Waals surface area contributed by atoms with Gasteiger partial charge in [-0.3, -0.25) is 0 Å². The summed E-state index contributed by atoms with van der Waals surface area (Å²) in [5.41, 5.74) is 1.20. The fourth-order valence-corrected chi connectivity index (χ4v) is 1.90. The van der Waals surface area contributed by atoms with Crippen LogP contribution in [0, 0.1) is 0 Å². The highest BCUT2D eigenvalue weighted by atomic mass is 16.7. The molecule has 0 bridgehead atoms. The van der Waals surface area contributed by atoms with Gasteiger partial charge >= 0.3 is 0 Å². The molecule has 0 aromatic heterocycles. The van der Waals surface area contributed by atoms with Gasteiger partial charge in [-0.05, 0) is 17.7 Å². The highest BCUT2D eigenvalue weighted by Gasteiger charge is 2.23. The summed E-state index contributed by atoms with van der Waals surface area (Å²) in [6.45, 7) is 6.23. The minimum atomic E-state index is -0.00382. The van der Waals surface area contributed by atoms with Crippen molar-refractivity contribution in [3.8, 4) is 11.5 Å². The average molecular weight is 237 g/mol. The van der Waals surface area contributed by atoms with Crippen LogP contribution in [0.25, 0.3) is 0 Å². The highest BCUT2D eigenvalue weighted by molar-refractivity contribution is 5.46. The molecule has 0 atom stereocenters. The van der Waals surface area contributed by atoms with Gasteiger partial charge in [-0.15, -0.1) is 0 Å². The van der Waals surface area contributed by atoms with Crippen molar-refractivity contribution in [3.63, 3.8) is 0 Å². The number of ether oxygens (including phenoxy) is 2. The number of rotatable bonds is 5. The number of fused-ring (bicyclic) bond motifs is 1. The number of nitrogens with one attached hydrogen (secondary N) is 1. The molecular formula is C13H19NO3. The van der Waals surface area contributed by atoms with Gasteiger partial charge in [-0.2, -0.15) is 0 Å². The van der Waals surface area contributed by atoms with E-state index in [2.05, 4.69) is 25.2 Å². The summed E-state index contributed by atoms with van der Waals surface area (Å²) in [5, 5.41) is 12.0. The molecule has 0 unspecified atom stereocenters. The van der Waals surface area contributed by atoms with E-state index < -0.39 is 0 Å². The van der Waals surface area contributed by atoms with E-state index in [0.29, 0.717) is 13.3 Å². The second-order valence-electron chi connectivity index (χ2n) is 4.85. The second-order valence-corrected chi connectivity index (χ2v) is 4.85. The first-order chi connectivity index (χ1) is 8.13. The Morgan fingerprint density at radius 1 is 1.29 bits per heavy atom. The van der Waals surface area contributed by atoms with Gasteiger partial charge in [0.25, 0.3) is 0 Å². The predicted octanol–water partition coefficient (Wildman–Crippen LogP) is 1.27. The van der Waals surface area contributed by atoms with Gasteiger partial charge in [0.05, 0.1) is 6.61 Å².